The molecule has 1 rings (SSSR count). The lowest BCUT2D eigenvalue weighted by Gasteiger charge is -2.12. The molecule has 0 saturated carbocycles. The molecule has 1 aromatic rings. The van der Waals surface area contributed by atoms with Crippen LogP contribution >= 0.6 is 0 Å². The van der Waals surface area contributed by atoms with Gasteiger partial charge in [0.15, 0.2) is 5.82 Å². The molecule has 0 aliphatic heterocycles. The van der Waals surface area contributed by atoms with Crippen LogP contribution in [0.4, 0.5) is 0 Å². The fourth-order valence-corrected chi connectivity index (χ4v) is 1.34. The zero-order valence-electron chi connectivity index (χ0n) is 9.86. The van der Waals surface area contributed by atoms with E-state index >= 15 is 0 Å². The van der Waals surface area contributed by atoms with Crippen molar-refractivity contribution in [1.82, 2.24) is 10.1 Å². The van der Waals surface area contributed by atoms with Crippen LogP contribution < -0.4 is 5.73 Å². The van der Waals surface area contributed by atoms with Crippen molar-refractivity contribution in [2.24, 2.45) is 11.7 Å². The Kier molecular flexibility index (Phi) is 4.75. The lowest BCUT2D eigenvalue weighted by molar-refractivity contribution is 0.310. The number of aryl methyl sites for hydroxylation is 1. The third kappa shape index (κ3) is 3.30. The summed E-state index contributed by atoms with van der Waals surface area (Å²) in [4.78, 5) is 4.31. The van der Waals surface area contributed by atoms with Crippen LogP contribution in [0.1, 0.15) is 57.8 Å². The Morgan fingerprint density at radius 2 is 2.13 bits per heavy atom. The Balaban J connectivity index is 2.58. The topological polar surface area (TPSA) is 64.9 Å². The van der Waals surface area contributed by atoms with Gasteiger partial charge in [-0.15, -0.1) is 0 Å². The highest BCUT2D eigenvalue weighted by molar-refractivity contribution is 4.93. The predicted octanol–water partition coefficient (Wildman–Crippen LogP) is 2.46. The molecule has 15 heavy (non-hydrogen) atoms. The minimum atomic E-state index is -0.127. The number of hydrogen-bond acceptors (Lipinski definition) is 4. The molecule has 4 nitrogen and oxygen atoms in total. The van der Waals surface area contributed by atoms with Gasteiger partial charge in [-0.25, -0.2) is 0 Å². The third-order valence-corrected chi connectivity index (χ3v) is 2.78. The number of unbranched alkanes of at least 4 members (excludes halogenated alkanes) is 1. The Labute approximate surface area is 91.2 Å². The van der Waals surface area contributed by atoms with Gasteiger partial charge in [0, 0.05) is 6.42 Å². The fourth-order valence-electron chi connectivity index (χ4n) is 1.34. The van der Waals surface area contributed by atoms with Gasteiger partial charge < -0.3 is 10.3 Å². The van der Waals surface area contributed by atoms with Crippen LogP contribution in [0.5, 0.6) is 0 Å². The van der Waals surface area contributed by atoms with E-state index in [1.165, 1.54) is 0 Å². The van der Waals surface area contributed by atoms with Crippen molar-refractivity contribution in [3.8, 4) is 0 Å². The summed E-state index contributed by atoms with van der Waals surface area (Å²) in [5, 5.41) is 3.93. The molecular formula is C11H21N3O. The molecule has 1 heterocycles. The second-order valence-corrected chi connectivity index (χ2v) is 4.06. The van der Waals surface area contributed by atoms with Gasteiger partial charge in [0.1, 0.15) is 0 Å². The highest BCUT2D eigenvalue weighted by Gasteiger charge is 2.19. The minimum absolute atomic E-state index is 0.127. The first-order valence-corrected chi connectivity index (χ1v) is 5.77. The minimum Gasteiger partial charge on any atom is -0.338 e. The van der Waals surface area contributed by atoms with Gasteiger partial charge in [0.25, 0.3) is 0 Å². The van der Waals surface area contributed by atoms with E-state index in [0.717, 1.165) is 31.5 Å². The molecule has 2 N–H and O–H groups in total. The molecule has 0 bridgehead atoms. The lowest BCUT2D eigenvalue weighted by atomic mass is 10.0. The van der Waals surface area contributed by atoms with Crippen LogP contribution in [0, 0.1) is 5.92 Å². The molecule has 2 atom stereocenters. The molecule has 0 saturated heterocycles. The van der Waals surface area contributed by atoms with E-state index < -0.39 is 0 Å². The number of nitrogens with zero attached hydrogens (tertiary/aromatic N) is 2. The van der Waals surface area contributed by atoms with Gasteiger partial charge in [0.05, 0.1) is 6.04 Å². The normalized spacial score (nSPS) is 15.2. The Bertz CT molecular complexity index is 285. The van der Waals surface area contributed by atoms with Crippen LogP contribution in [0.15, 0.2) is 4.52 Å². The Hall–Kier alpha value is -0.900. The summed E-state index contributed by atoms with van der Waals surface area (Å²) in [5.74, 6) is 1.74. The number of aromatic nitrogens is 2. The molecule has 0 aliphatic carbocycles. The predicted molar refractivity (Wildman–Crippen MR) is 59.3 cm³/mol. The van der Waals surface area contributed by atoms with Gasteiger partial charge in [-0.05, 0) is 12.3 Å². The van der Waals surface area contributed by atoms with Gasteiger partial charge in [0.2, 0.25) is 5.89 Å². The van der Waals surface area contributed by atoms with Gasteiger partial charge >= 0.3 is 0 Å². The summed E-state index contributed by atoms with van der Waals surface area (Å²) >= 11 is 0. The van der Waals surface area contributed by atoms with Crippen LogP contribution in [-0.2, 0) is 6.42 Å². The SMILES string of the molecule is CCCCc1noc([C@@H](N)C(C)CC)n1. The standard InChI is InChI=1S/C11H21N3O/c1-4-6-7-9-13-11(15-14-9)10(12)8(3)5-2/h8,10H,4-7,12H2,1-3H3/t8?,10-/m0/s1. The number of hydrogen-bond donors (Lipinski definition) is 1. The second kappa shape index (κ2) is 5.85. The van der Waals surface area contributed by atoms with Crippen LogP contribution in [-0.4, -0.2) is 10.1 Å². The largest absolute Gasteiger partial charge is 0.338 e. The molecule has 0 spiro atoms. The molecule has 0 radical (unpaired) electrons. The summed E-state index contributed by atoms with van der Waals surface area (Å²) in [6, 6.07) is -0.127. The van der Waals surface area contributed by atoms with E-state index in [4.69, 9.17) is 10.3 Å². The first-order valence-electron chi connectivity index (χ1n) is 5.77. The summed E-state index contributed by atoms with van der Waals surface area (Å²) in [6.07, 6.45) is 4.14. The first kappa shape index (κ1) is 12.2. The maximum absolute atomic E-state index is 5.99. The van der Waals surface area contributed by atoms with Crippen LogP contribution in [0.25, 0.3) is 0 Å². The van der Waals surface area contributed by atoms with Crippen molar-refractivity contribution in [3.63, 3.8) is 0 Å². The zero-order chi connectivity index (χ0) is 11.3. The quantitative estimate of drug-likeness (QED) is 0.785. The fraction of sp³-hybridized carbons (Fsp3) is 0.818. The number of nitrogens with two attached hydrogens (primary N) is 1. The van der Waals surface area contributed by atoms with Crippen molar-refractivity contribution >= 4 is 0 Å². The van der Waals surface area contributed by atoms with Gasteiger partial charge in [-0.1, -0.05) is 38.8 Å². The average Bonchev–Trinajstić information content (AvgIpc) is 2.72. The molecule has 0 aliphatic rings. The molecule has 0 fully saturated rings. The molecule has 4 heteroatoms. The van der Waals surface area contributed by atoms with Crippen molar-refractivity contribution in [2.75, 3.05) is 0 Å². The molecule has 0 aromatic carbocycles. The molecule has 1 aromatic heterocycles. The summed E-state index contributed by atoms with van der Waals surface area (Å²) in [6.45, 7) is 6.35. The number of rotatable bonds is 6. The lowest BCUT2D eigenvalue weighted by Crippen LogP contribution is -2.18. The monoisotopic (exact) mass is 211 g/mol. The van der Waals surface area contributed by atoms with Crippen molar-refractivity contribution in [1.29, 1.82) is 0 Å². The maximum atomic E-state index is 5.99. The van der Waals surface area contributed by atoms with E-state index in [9.17, 15) is 0 Å². The molecular weight excluding hydrogens is 190 g/mol. The van der Waals surface area contributed by atoms with Crippen LogP contribution in [0.3, 0.4) is 0 Å². The zero-order valence-corrected chi connectivity index (χ0v) is 9.86. The first-order chi connectivity index (χ1) is 7.19. The smallest absolute Gasteiger partial charge is 0.243 e. The Morgan fingerprint density at radius 3 is 2.73 bits per heavy atom. The average molecular weight is 211 g/mol. The van der Waals surface area contributed by atoms with Crippen LogP contribution in [0.2, 0.25) is 0 Å². The highest BCUT2D eigenvalue weighted by atomic mass is 16.5. The molecule has 1 unspecified atom stereocenters. The maximum Gasteiger partial charge on any atom is 0.243 e. The summed E-state index contributed by atoms with van der Waals surface area (Å²) in [7, 11) is 0. The summed E-state index contributed by atoms with van der Waals surface area (Å²) in [5.41, 5.74) is 5.99. The van der Waals surface area contributed by atoms with E-state index in [2.05, 4.69) is 30.9 Å². The highest BCUT2D eigenvalue weighted by Crippen LogP contribution is 2.20. The van der Waals surface area contributed by atoms with Crippen molar-refractivity contribution in [2.45, 2.75) is 52.5 Å². The van der Waals surface area contributed by atoms with Crippen molar-refractivity contribution in [3.05, 3.63) is 11.7 Å². The second-order valence-electron chi connectivity index (χ2n) is 4.06. The van der Waals surface area contributed by atoms with E-state index in [1.54, 1.807) is 0 Å². The molecule has 86 valence electrons. The van der Waals surface area contributed by atoms with E-state index in [-0.39, 0.29) is 6.04 Å². The van der Waals surface area contributed by atoms with Gasteiger partial charge in [-0.3, -0.25) is 0 Å². The summed E-state index contributed by atoms with van der Waals surface area (Å²) < 4.78 is 5.16. The van der Waals surface area contributed by atoms with Gasteiger partial charge in [-0.2, -0.15) is 4.98 Å². The van der Waals surface area contributed by atoms with Crippen molar-refractivity contribution < 1.29 is 4.52 Å². The third-order valence-electron chi connectivity index (χ3n) is 2.78. The van der Waals surface area contributed by atoms with E-state index in [1.807, 2.05) is 0 Å². The van der Waals surface area contributed by atoms with E-state index in [0.29, 0.717) is 11.8 Å². The Morgan fingerprint density at radius 1 is 1.40 bits per heavy atom. The molecule has 0 amide bonds.